The van der Waals surface area contributed by atoms with Crippen LogP contribution in [0.15, 0.2) is 46.9 Å². The van der Waals surface area contributed by atoms with Gasteiger partial charge in [-0.3, -0.25) is 0 Å². The molecule has 0 saturated heterocycles. The molecule has 112 valence electrons. The van der Waals surface area contributed by atoms with Crippen LogP contribution in [0.1, 0.15) is 21.5 Å². The minimum absolute atomic E-state index is 0.0141. The van der Waals surface area contributed by atoms with Gasteiger partial charge < -0.3 is 0 Å². The zero-order valence-corrected chi connectivity index (χ0v) is 13.8. The lowest BCUT2D eigenvalue weighted by Gasteiger charge is -2.15. The quantitative estimate of drug-likeness (QED) is 0.400. The Morgan fingerprint density at radius 2 is 1.62 bits per heavy atom. The van der Waals surface area contributed by atoms with E-state index in [0.29, 0.717) is 12.0 Å². The van der Waals surface area contributed by atoms with Gasteiger partial charge in [-0.15, -0.1) is 0 Å². The van der Waals surface area contributed by atoms with Crippen LogP contribution in [-0.4, -0.2) is 0 Å². The molecule has 0 amide bonds. The lowest BCUT2D eigenvalue weighted by atomic mass is 10.0. The van der Waals surface area contributed by atoms with Gasteiger partial charge in [0.05, 0.1) is 5.56 Å². The molecule has 0 radical (unpaired) electrons. The summed E-state index contributed by atoms with van der Waals surface area (Å²) in [5.74, 6) is -0.340. The summed E-state index contributed by atoms with van der Waals surface area (Å²) in [4.78, 5) is -0.280. The summed E-state index contributed by atoms with van der Waals surface area (Å²) < 4.78 is 51.5. The first-order valence-corrected chi connectivity index (χ1v) is 7.73. The second kappa shape index (κ2) is 6.48. The molecule has 0 N–H and O–H groups in total. The maximum Gasteiger partial charge on any atom is 0.417 e. The van der Waals surface area contributed by atoms with Crippen molar-refractivity contribution in [1.29, 1.82) is 0 Å². The maximum absolute atomic E-state index is 12.9. The summed E-state index contributed by atoms with van der Waals surface area (Å²) in [6, 6.07) is 10.0. The van der Waals surface area contributed by atoms with Crippen molar-refractivity contribution in [3.63, 3.8) is 0 Å². The van der Waals surface area contributed by atoms with E-state index in [-0.39, 0.29) is 15.1 Å². The number of benzene rings is 2. The highest BCUT2D eigenvalue weighted by molar-refractivity contribution is 9.10. The Morgan fingerprint density at radius 3 is 2.19 bits per heavy atom. The van der Waals surface area contributed by atoms with Gasteiger partial charge in [0.2, 0.25) is 0 Å². The Kier molecular flexibility index (Phi) is 5.09. The molecular weight excluding hydrogens is 416 g/mol. The van der Waals surface area contributed by atoms with Crippen molar-refractivity contribution in [2.24, 2.45) is 0 Å². The molecule has 1 unspecified atom stereocenters. The number of hydrogen-bond acceptors (Lipinski definition) is 0. The summed E-state index contributed by atoms with van der Waals surface area (Å²) in [6.07, 6.45) is -3.93. The Labute approximate surface area is 136 Å². The molecule has 0 spiro atoms. The molecular formula is C15H10Br2F4. The van der Waals surface area contributed by atoms with Crippen LogP contribution in [0.25, 0.3) is 0 Å². The summed E-state index contributed by atoms with van der Waals surface area (Å²) in [7, 11) is 0. The summed E-state index contributed by atoms with van der Waals surface area (Å²) in [6.45, 7) is 0. The van der Waals surface area contributed by atoms with Gasteiger partial charge in [-0.05, 0) is 41.8 Å². The van der Waals surface area contributed by atoms with Gasteiger partial charge in [-0.2, -0.15) is 13.2 Å². The van der Waals surface area contributed by atoms with Gasteiger partial charge in [0, 0.05) is 9.30 Å². The summed E-state index contributed by atoms with van der Waals surface area (Å²) >= 11 is 6.30. The average molecular weight is 426 g/mol. The van der Waals surface area contributed by atoms with Gasteiger partial charge >= 0.3 is 6.18 Å². The van der Waals surface area contributed by atoms with Crippen LogP contribution < -0.4 is 0 Å². The van der Waals surface area contributed by atoms with Crippen molar-refractivity contribution in [2.45, 2.75) is 17.4 Å². The smallest absolute Gasteiger partial charge is 0.207 e. The Morgan fingerprint density at radius 1 is 1.00 bits per heavy atom. The van der Waals surface area contributed by atoms with E-state index < -0.39 is 11.7 Å². The number of halogens is 6. The molecule has 0 aliphatic carbocycles. The topological polar surface area (TPSA) is 0 Å². The molecule has 2 aromatic carbocycles. The van der Waals surface area contributed by atoms with Crippen LogP contribution in [0, 0.1) is 5.82 Å². The third-order valence-corrected chi connectivity index (χ3v) is 4.53. The molecule has 2 aromatic rings. The number of alkyl halides is 4. The van der Waals surface area contributed by atoms with E-state index in [2.05, 4.69) is 31.9 Å². The van der Waals surface area contributed by atoms with Crippen LogP contribution >= 0.6 is 31.9 Å². The van der Waals surface area contributed by atoms with Crippen molar-refractivity contribution in [3.8, 4) is 0 Å². The van der Waals surface area contributed by atoms with E-state index in [1.54, 1.807) is 18.2 Å². The van der Waals surface area contributed by atoms with Crippen LogP contribution in [0.4, 0.5) is 17.6 Å². The van der Waals surface area contributed by atoms with E-state index in [4.69, 9.17) is 0 Å². The van der Waals surface area contributed by atoms with E-state index in [0.717, 1.165) is 11.6 Å². The second-order valence-electron chi connectivity index (χ2n) is 4.54. The van der Waals surface area contributed by atoms with Gasteiger partial charge in [0.15, 0.2) is 0 Å². The van der Waals surface area contributed by atoms with Crippen molar-refractivity contribution in [2.75, 3.05) is 0 Å². The highest BCUT2D eigenvalue weighted by Crippen LogP contribution is 2.38. The van der Waals surface area contributed by atoms with Crippen molar-refractivity contribution >= 4 is 31.9 Å². The zero-order chi connectivity index (χ0) is 15.6. The van der Waals surface area contributed by atoms with E-state index in [9.17, 15) is 17.6 Å². The van der Waals surface area contributed by atoms with Gasteiger partial charge in [0.1, 0.15) is 5.82 Å². The fourth-order valence-electron chi connectivity index (χ4n) is 1.90. The predicted molar refractivity (Wildman–Crippen MR) is 80.9 cm³/mol. The highest BCUT2D eigenvalue weighted by Gasteiger charge is 2.33. The molecule has 0 saturated carbocycles. The molecule has 0 bridgehead atoms. The maximum atomic E-state index is 12.9. The van der Waals surface area contributed by atoms with Crippen molar-refractivity contribution in [3.05, 3.63) is 69.4 Å². The molecule has 0 aromatic heterocycles. The third-order valence-electron chi connectivity index (χ3n) is 2.99. The van der Waals surface area contributed by atoms with Crippen molar-refractivity contribution < 1.29 is 17.6 Å². The Bertz CT molecular complexity index is 621. The lowest BCUT2D eigenvalue weighted by molar-refractivity contribution is -0.138. The fraction of sp³-hybridized carbons (Fsp3) is 0.200. The molecule has 21 heavy (non-hydrogen) atoms. The van der Waals surface area contributed by atoms with Crippen LogP contribution in [0.3, 0.4) is 0 Å². The Balaban J connectivity index is 2.23. The zero-order valence-electron chi connectivity index (χ0n) is 10.6. The fourth-order valence-corrected chi connectivity index (χ4v) is 3.03. The van der Waals surface area contributed by atoms with E-state index >= 15 is 0 Å². The normalized spacial score (nSPS) is 13.2. The van der Waals surface area contributed by atoms with Gasteiger partial charge in [-0.25, -0.2) is 4.39 Å². The second-order valence-corrected chi connectivity index (χ2v) is 6.49. The monoisotopic (exact) mass is 424 g/mol. The van der Waals surface area contributed by atoms with E-state index in [1.165, 1.54) is 18.2 Å². The number of hydrogen-bond donors (Lipinski definition) is 0. The first-order valence-electron chi connectivity index (χ1n) is 6.02. The standard InChI is InChI=1S/C15H10Br2F4/c16-13-6-3-10(8-12(13)15(19,20)21)14(17)7-9-1-4-11(18)5-2-9/h1-6,8,14H,7H2. The molecule has 2 rings (SSSR count). The molecule has 0 heterocycles. The minimum atomic E-state index is -4.41. The molecule has 0 fully saturated rings. The minimum Gasteiger partial charge on any atom is -0.207 e. The van der Waals surface area contributed by atoms with Crippen molar-refractivity contribution in [1.82, 2.24) is 0 Å². The SMILES string of the molecule is Fc1ccc(CC(Br)c2ccc(Br)c(C(F)(F)F)c2)cc1. The first kappa shape index (κ1) is 16.5. The van der Waals surface area contributed by atoms with Gasteiger partial charge in [0.25, 0.3) is 0 Å². The van der Waals surface area contributed by atoms with Gasteiger partial charge in [-0.1, -0.05) is 50.1 Å². The average Bonchev–Trinajstić information content (AvgIpc) is 2.40. The van der Waals surface area contributed by atoms with Crippen LogP contribution in [-0.2, 0) is 12.6 Å². The first-order chi connectivity index (χ1) is 9.77. The highest BCUT2D eigenvalue weighted by atomic mass is 79.9. The van der Waals surface area contributed by atoms with Crippen LogP contribution in [0.5, 0.6) is 0 Å². The molecule has 0 aliphatic rings. The summed E-state index contributed by atoms with van der Waals surface area (Å²) in [5, 5.41) is 0. The largest absolute Gasteiger partial charge is 0.417 e. The molecule has 0 aliphatic heterocycles. The predicted octanol–water partition coefficient (Wildman–Crippen LogP) is 6.29. The van der Waals surface area contributed by atoms with Crippen LogP contribution in [0.2, 0.25) is 0 Å². The Hall–Kier alpha value is -0.880. The molecule has 0 nitrogen and oxygen atoms in total. The number of rotatable bonds is 3. The van der Waals surface area contributed by atoms with E-state index in [1.807, 2.05) is 0 Å². The lowest BCUT2D eigenvalue weighted by Crippen LogP contribution is -2.07. The molecule has 1 atom stereocenters. The third kappa shape index (κ3) is 4.30. The molecule has 6 heteroatoms. The summed E-state index contributed by atoms with van der Waals surface area (Å²) in [5.41, 5.74) is 0.660.